The first-order valence-electron chi connectivity index (χ1n) is 4.87. The molecule has 5 heteroatoms. The van der Waals surface area contributed by atoms with Gasteiger partial charge in [0.15, 0.2) is 0 Å². The first-order chi connectivity index (χ1) is 7.31. The number of aromatic nitrogens is 2. The summed E-state index contributed by atoms with van der Waals surface area (Å²) in [6.45, 7) is 5.62. The highest BCUT2D eigenvalue weighted by Crippen LogP contribution is 2.23. The predicted molar refractivity (Wildman–Crippen MR) is 59.7 cm³/mol. The van der Waals surface area contributed by atoms with E-state index in [0.717, 1.165) is 12.1 Å². The summed E-state index contributed by atoms with van der Waals surface area (Å²) in [5.41, 5.74) is 2.25. The predicted octanol–water partition coefficient (Wildman–Crippen LogP) is 2.22. The van der Waals surface area contributed by atoms with Crippen LogP contribution in [0.3, 0.4) is 0 Å². The van der Waals surface area contributed by atoms with Gasteiger partial charge in [-0.3, -0.25) is 0 Å². The zero-order valence-corrected chi connectivity index (χ0v) is 9.60. The second-order valence-electron chi connectivity index (χ2n) is 3.26. The van der Waals surface area contributed by atoms with Crippen LogP contribution in [0.15, 0.2) is 15.3 Å². The van der Waals surface area contributed by atoms with E-state index in [1.54, 1.807) is 11.3 Å². The minimum Gasteiger partial charge on any atom is -0.338 e. The Balaban J connectivity index is 2.17. The minimum atomic E-state index is 0.632. The van der Waals surface area contributed by atoms with Crippen LogP contribution in [0.1, 0.15) is 18.4 Å². The molecule has 0 aliphatic heterocycles. The molecular weight excluding hydrogens is 210 g/mol. The lowest BCUT2D eigenvalue weighted by atomic mass is 10.2. The van der Waals surface area contributed by atoms with E-state index in [0.29, 0.717) is 18.3 Å². The van der Waals surface area contributed by atoms with Crippen LogP contribution in [0, 0.1) is 6.92 Å². The zero-order valence-electron chi connectivity index (χ0n) is 8.78. The van der Waals surface area contributed by atoms with Gasteiger partial charge in [-0.25, -0.2) is 0 Å². The normalized spacial score (nSPS) is 10.8. The molecule has 0 aliphatic carbocycles. The van der Waals surface area contributed by atoms with Gasteiger partial charge >= 0.3 is 0 Å². The highest BCUT2D eigenvalue weighted by Gasteiger charge is 2.10. The van der Waals surface area contributed by atoms with E-state index in [-0.39, 0.29) is 0 Å². The molecule has 15 heavy (non-hydrogen) atoms. The topological polar surface area (TPSA) is 51.0 Å². The smallest absolute Gasteiger partial charge is 0.240 e. The molecule has 0 fully saturated rings. The Hall–Kier alpha value is -1.20. The monoisotopic (exact) mass is 223 g/mol. The maximum absolute atomic E-state index is 5.13. The Labute approximate surface area is 92.3 Å². The lowest BCUT2D eigenvalue weighted by Crippen LogP contribution is -2.11. The molecule has 0 amide bonds. The molecule has 1 N–H and O–H groups in total. The molecule has 0 unspecified atom stereocenters. The Bertz CT molecular complexity index is 435. The first kappa shape index (κ1) is 10.3. The third kappa shape index (κ3) is 2.24. The fourth-order valence-electron chi connectivity index (χ4n) is 1.26. The summed E-state index contributed by atoms with van der Waals surface area (Å²) in [4.78, 5) is 4.32. The van der Waals surface area contributed by atoms with E-state index in [1.165, 1.54) is 5.56 Å². The summed E-state index contributed by atoms with van der Waals surface area (Å²) in [5.74, 6) is 1.32. The molecule has 2 aromatic rings. The lowest BCUT2D eigenvalue weighted by Gasteiger charge is -1.92. The van der Waals surface area contributed by atoms with Crippen molar-refractivity contribution in [1.29, 1.82) is 0 Å². The second-order valence-corrected chi connectivity index (χ2v) is 4.00. The SMILES string of the molecule is CCNCc1nc(-c2cscc2C)no1. The van der Waals surface area contributed by atoms with Crippen LogP contribution in [-0.2, 0) is 6.54 Å². The highest BCUT2D eigenvalue weighted by atomic mass is 32.1. The van der Waals surface area contributed by atoms with E-state index in [2.05, 4.69) is 20.8 Å². The molecule has 80 valence electrons. The largest absolute Gasteiger partial charge is 0.338 e. The van der Waals surface area contributed by atoms with E-state index < -0.39 is 0 Å². The van der Waals surface area contributed by atoms with Crippen LogP contribution >= 0.6 is 11.3 Å². The van der Waals surface area contributed by atoms with Crippen LogP contribution in [0.25, 0.3) is 11.4 Å². The van der Waals surface area contributed by atoms with Gasteiger partial charge in [-0.1, -0.05) is 12.1 Å². The fourth-order valence-corrected chi connectivity index (χ4v) is 2.08. The Morgan fingerprint density at radius 2 is 2.33 bits per heavy atom. The molecule has 0 aromatic carbocycles. The van der Waals surface area contributed by atoms with Crippen LogP contribution in [0.4, 0.5) is 0 Å². The number of rotatable bonds is 4. The summed E-state index contributed by atoms with van der Waals surface area (Å²) in [6.07, 6.45) is 0. The quantitative estimate of drug-likeness (QED) is 0.863. The van der Waals surface area contributed by atoms with E-state index in [4.69, 9.17) is 4.52 Å². The highest BCUT2D eigenvalue weighted by molar-refractivity contribution is 7.08. The fraction of sp³-hybridized carbons (Fsp3) is 0.400. The number of aryl methyl sites for hydroxylation is 1. The molecule has 2 heterocycles. The van der Waals surface area contributed by atoms with Crippen molar-refractivity contribution in [3.63, 3.8) is 0 Å². The minimum absolute atomic E-state index is 0.632. The van der Waals surface area contributed by atoms with Crippen LogP contribution < -0.4 is 5.32 Å². The summed E-state index contributed by atoms with van der Waals surface area (Å²) in [5, 5.41) is 11.2. The average molecular weight is 223 g/mol. The van der Waals surface area contributed by atoms with E-state index in [1.807, 2.05) is 19.2 Å². The number of nitrogens with zero attached hydrogens (tertiary/aromatic N) is 2. The third-order valence-corrected chi connectivity index (χ3v) is 2.95. The van der Waals surface area contributed by atoms with Crippen LogP contribution in [0.5, 0.6) is 0 Å². The van der Waals surface area contributed by atoms with Gasteiger partial charge in [-0.15, -0.1) is 0 Å². The van der Waals surface area contributed by atoms with Crippen molar-refractivity contribution in [2.24, 2.45) is 0 Å². The van der Waals surface area contributed by atoms with Gasteiger partial charge < -0.3 is 9.84 Å². The number of nitrogens with one attached hydrogen (secondary N) is 1. The summed E-state index contributed by atoms with van der Waals surface area (Å²) in [6, 6.07) is 0. The Morgan fingerprint density at radius 1 is 1.47 bits per heavy atom. The summed E-state index contributed by atoms with van der Waals surface area (Å²) in [7, 11) is 0. The zero-order chi connectivity index (χ0) is 10.7. The molecule has 2 rings (SSSR count). The first-order valence-corrected chi connectivity index (χ1v) is 5.82. The van der Waals surface area contributed by atoms with Crippen molar-refractivity contribution in [2.75, 3.05) is 6.54 Å². The van der Waals surface area contributed by atoms with Gasteiger partial charge in [-0.2, -0.15) is 16.3 Å². The number of thiophene rings is 1. The van der Waals surface area contributed by atoms with Crippen LogP contribution in [0.2, 0.25) is 0 Å². The molecule has 0 radical (unpaired) electrons. The van der Waals surface area contributed by atoms with Gasteiger partial charge in [0.2, 0.25) is 11.7 Å². The molecular formula is C10H13N3OS. The summed E-state index contributed by atoms with van der Waals surface area (Å²) < 4.78 is 5.13. The van der Waals surface area contributed by atoms with E-state index >= 15 is 0 Å². The van der Waals surface area contributed by atoms with Gasteiger partial charge in [0.1, 0.15) is 0 Å². The molecule has 2 aromatic heterocycles. The van der Waals surface area contributed by atoms with Crippen molar-refractivity contribution in [3.8, 4) is 11.4 Å². The van der Waals surface area contributed by atoms with Crippen molar-refractivity contribution >= 4 is 11.3 Å². The summed E-state index contributed by atoms with van der Waals surface area (Å²) >= 11 is 1.65. The molecule has 0 aliphatic rings. The Morgan fingerprint density at radius 3 is 3.00 bits per heavy atom. The van der Waals surface area contributed by atoms with Crippen molar-refractivity contribution in [2.45, 2.75) is 20.4 Å². The molecule has 0 saturated carbocycles. The van der Waals surface area contributed by atoms with Crippen LogP contribution in [-0.4, -0.2) is 16.7 Å². The third-order valence-electron chi connectivity index (χ3n) is 2.09. The molecule has 0 saturated heterocycles. The molecule has 0 atom stereocenters. The van der Waals surface area contributed by atoms with Crippen molar-refractivity contribution < 1.29 is 4.52 Å². The maximum atomic E-state index is 5.13. The molecule has 0 bridgehead atoms. The van der Waals surface area contributed by atoms with Crippen molar-refractivity contribution in [1.82, 2.24) is 15.5 Å². The van der Waals surface area contributed by atoms with Crippen molar-refractivity contribution in [3.05, 3.63) is 22.2 Å². The number of hydrogen-bond donors (Lipinski definition) is 1. The van der Waals surface area contributed by atoms with Gasteiger partial charge in [-0.05, 0) is 24.4 Å². The lowest BCUT2D eigenvalue weighted by molar-refractivity contribution is 0.369. The van der Waals surface area contributed by atoms with E-state index in [9.17, 15) is 0 Å². The van der Waals surface area contributed by atoms with Gasteiger partial charge in [0, 0.05) is 10.9 Å². The molecule has 0 spiro atoms. The van der Waals surface area contributed by atoms with Gasteiger partial charge in [0.25, 0.3) is 0 Å². The number of hydrogen-bond acceptors (Lipinski definition) is 5. The standard InChI is InChI=1S/C10H13N3OS/c1-3-11-4-9-12-10(13-14-9)8-6-15-5-7(8)2/h5-6,11H,3-4H2,1-2H3. The van der Waals surface area contributed by atoms with Gasteiger partial charge in [0.05, 0.1) is 6.54 Å². The molecule has 4 nitrogen and oxygen atoms in total. The average Bonchev–Trinajstić information content (AvgIpc) is 2.83. The Kier molecular flexibility index (Phi) is 3.13. The second kappa shape index (κ2) is 4.55. The maximum Gasteiger partial charge on any atom is 0.240 e.